The summed E-state index contributed by atoms with van der Waals surface area (Å²) < 4.78 is 0. The average molecular weight is 443 g/mol. The molecule has 0 spiro atoms. The van der Waals surface area contributed by atoms with E-state index in [0.717, 1.165) is 11.1 Å². The molecule has 0 radical (unpaired) electrons. The molecule has 3 aromatic carbocycles. The van der Waals surface area contributed by atoms with Crippen LogP contribution in [-0.4, -0.2) is 22.8 Å². The zero-order chi connectivity index (χ0) is 23.3. The summed E-state index contributed by atoms with van der Waals surface area (Å²) in [4.78, 5) is 45.3. The first-order chi connectivity index (χ1) is 15.9. The lowest BCUT2D eigenvalue weighted by atomic mass is 9.90. The first kappa shape index (κ1) is 20.8. The summed E-state index contributed by atoms with van der Waals surface area (Å²) in [6, 6.07) is 20.1. The molecule has 2 fully saturated rings. The summed E-state index contributed by atoms with van der Waals surface area (Å²) in [6.45, 7) is 3.80. The number of hydrogen-bond acceptors (Lipinski definition) is 6. The van der Waals surface area contributed by atoms with Crippen molar-refractivity contribution in [2.45, 2.75) is 26.0 Å². The van der Waals surface area contributed by atoms with E-state index in [9.17, 15) is 19.7 Å². The van der Waals surface area contributed by atoms with Crippen LogP contribution < -0.4 is 9.96 Å². The van der Waals surface area contributed by atoms with Crippen molar-refractivity contribution in [3.8, 4) is 0 Å². The number of anilines is 2. The van der Waals surface area contributed by atoms with Crippen LogP contribution in [0.5, 0.6) is 0 Å². The van der Waals surface area contributed by atoms with Gasteiger partial charge in [-0.1, -0.05) is 48.0 Å². The fourth-order valence-electron chi connectivity index (χ4n) is 4.67. The van der Waals surface area contributed by atoms with Gasteiger partial charge < -0.3 is 0 Å². The number of non-ortho nitro benzene ring substituents is 1. The molecule has 2 heterocycles. The highest BCUT2D eigenvalue weighted by Crippen LogP contribution is 2.48. The van der Waals surface area contributed by atoms with Crippen LogP contribution in [0.25, 0.3) is 0 Å². The van der Waals surface area contributed by atoms with Crippen LogP contribution in [0.3, 0.4) is 0 Å². The minimum Gasteiger partial charge on any atom is -0.273 e. The highest BCUT2D eigenvalue weighted by Gasteiger charge is 2.60. The van der Waals surface area contributed by atoms with Gasteiger partial charge in [-0.25, -0.2) is 9.96 Å². The summed E-state index contributed by atoms with van der Waals surface area (Å²) in [5, 5.41) is 12.9. The van der Waals surface area contributed by atoms with Gasteiger partial charge in [0.15, 0.2) is 6.10 Å². The maximum atomic E-state index is 13.7. The molecule has 0 aromatic heterocycles. The van der Waals surface area contributed by atoms with Gasteiger partial charge in [0.1, 0.15) is 5.92 Å². The van der Waals surface area contributed by atoms with Gasteiger partial charge in [0, 0.05) is 12.1 Å². The van der Waals surface area contributed by atoms with Crippen molar-refractivity contribution in [1.82, 2.24) is 0 Å². The lowest BCUT2D eigenvalue weighted by Crippen LogP contribution is -2.37. The van der Waals surface area contributed by atoms with E-state index in [4.69, 9.17) is 4.84 Å². The molecule has 8 heteroatoms. The maximum Gasteiger partial charge on any atom is 0.269 e. The third-order valence-electron chi connectivity index (χ3n) is 6.14. The molecule has 2 aliphatic heterocycles. The van der Waals surface area contributed by atoms with Crippen molar-refractivity contribution in [1.29, 1.82) is 0 Å². The third kappa shape index (κ3) is 3.35. The van der Waals surface area contributed by atoms with Crippen molar-refractivity contribution in [3.05, 3.63) is 99.6 Å². The molecule has 8 nitrogen and oxygen atoms in total. The van der Waals surface area contributed by atoms with Crippen molar-refractivity contribution in [2.24, 2.45) is 5.92 Å². The van der Waals surface area contributed by atoms with E-state index >= 15 is 0 Å². The molecule has 3 aromatic rings. The molecule has 0 bridgehead atoms. The number of amides is 2. The molecule has 3 atom stereocenters. The van der Waals surface area contributed by atoms with E-state index in [-0.39, 0.29) is 11.6 Å². The summed E-state index contributed by atoms with van der Waals surface area (Å²) in [7, 11) is 0. The van der Waals surface area contributed by atoms with E-state index < -0.39 is 28.9 Å². The molecular formula is C25H21N3O5. The van der Waals surface area contributed by atoms with Crippen LogP contribution in [0, 0.1) is 29.9 Å². The molecule has 2 aliphatic rings. The van der Waals surface area contributed by atoms with Gasteiger partial charge >= 0.3 is 0 Å². The molecule has 0 N–H and O–H groups in total. The first-order valence-corrected chi connectivity index (χ1v) is 10.6. The van der Waals surface area contributed by atoms with Gasteiger partial charge in [-0.15, -0.1) is 0 Å². The predicted octanol–water partition coefficient (Wildman–Crippen LogP) is 4.26. The first-order valence-electron chi connectivity index (χ1n) is 10.6. The second-order valence-corrected chi connectivity index (χ2v) is 8.31. The molecule has 166 valence electrons. The Labute approximate surface area is 190 Å². The Bertz CT molecular complexity index is 1280. The SMILES string of the molecule is Cc1ccc(N2C(=O)C3ON(c4ccccc4)C(c4cccc([N+](=O)[O-])c4)C3C2=O)c(C)c1. The number of hydroxylamine groups is 1. The molecule has 2 saturated heterocycles. The number of carbonyl (C=O) groups is 2. The summed E-state index contributed by atoms with van der Waals surface area (Å²) in [6.07, 6.45) is -1.03. The summed E-state index contributed by atoms with van der Waals surface area (Å²) in [5.41, 5.74) is 3.45. The normalized spacial score (nSPS) is 22.1. The van der Waals surface area contributed by atoms with Crippen molar-refractivity contribution in [2.75, 3.05) is 9.96 Å². The zero-order valence-corrected chi connectivity index (χ0v) is 18.0. The van der Waals surface area contributed by atoms with Crippen molar-refractivity contribution < 1.29 is 19.3 Å². The standard InChI is InChI=1S/C25H21N3O5/c1-15-11-12-20(16(2)13-15)26-24(29)21-22(17-7-6-10-19(14-17)28(31)32)27(33-23(21)25(26)30)18-8-4-3-5-9-18/h3-14,21-23H,1-2H3. The van der Waals surface area contributed by atoms with Gasteiger partial charge in [0.25, 0.3) is 11.6 Å². The number of para-hydroxylation sites is 1. The Morgan fingerprint density at radius 2 is 1.67 bits per heavy atom. The highest BCUT2D eigenvalue weighted by atomic mass is 16.7. The number of nitro benzene ring substituents is 1. The molecule has 0 aliphatic carbocycles. The largest absolute Gasteiger partial charge is 0.273 e. The van der Waals surface area contributed by atoms with Crippen LogP contribution >= 0.6 is 0 Å². The Hall–Kier alpha value is -4.04. The Morgan fingerprint density at radius 1 is 0.909 bits per heavy atom. The molecule has 5 rings (SSSR count). The number of benzene rings is 3. The number of nitro groups is 1. The maximum absolute atomic E-state index is 13.7. The number of hydrogen-bond donors (Lipinski definition) is 0. The van der Waals surface area contributed by atoms with Crippen LogP contribution in [0.1, 0.15) is 22.7 Å². The average Bonchev–Trinajstić information content (AvgIpc) is 3.31. The lowest BCUT2D eigenvalue weighted by Gasteiger charge is -2.29. The lowest BCUT2D eigenvalue weighted by molar-refractivity contribution is -0.384. The smallest absolute Gasteiger partial charge is 0.269 e. The number of fused-ring (bicyclic) bond motifs is 1. The Kier molecular flexibility index (Phi) is 4.94. The van der Waals surface area contributed by atoms with Crippen LogP contribution in [-0.2, 0) is 14.4 Å². The monoisotopic (exact) mass is 443 g/mol. The van der Waals surface area contributed by atoms with Crippen LogP contribution in [0.4, 0.5) is 17.1 Å². The molecule has 3 unspecified atom stereocenters. The summed E-state index contributed by atoms with van der Waals surface area (Å²) >= 11 is 0. The fourth-order valence-corrected chi connectivity index (χ4v) is 4.67. The topological polar surface area (TPSA) is 93.0 Å². The number of carbonyl (C=O) groups excluding carboxylic acids is 2. The quantitative estimate of drug-likeness (QED) is 0.340. The van der Waals surface area contributed by atoms with E-state index in [0.29, 0.717) is 16.9 Å². The summed E-state index contributed by atoms with van der Waals surface area (Å²) in [5.74, 6) is -1.67. The fraction of sp³-hybridized carbons (Fsp3) is 0.200. The second-order valence-electron chi connectivity index (χ2n) is 8.31. The second kappa shape index (κ2) is 7.83. The van der Waals surface area contributed by atoms with E-state index in [1.807, 2.05) is 56.3 Å². The van der Waals surface area contributed by atoms with Gasteiger partial charge in [-0.05, 0) is 43.2 Å². The Morgan fingerprint density at radius 3 is 2.36 bits per heavy atom. The zero-order valence-electron chi connectivity index (χ0n) is 18.0. The third-order valence-corrected chi connectivity index (χ3v) is 6.14. The van der Waals surface area contributed by atoms with E-state index in [1.54, 1.807) is 18.2 Å². The predicted molar refractivity (Wildman–Crippen MR) is 122 cm³/mol. The van der Waals surface area contributed by atoms with Crippen LogP contribution in [0.15, 0.2) is 72.8 Å². The molecule has 33 heavy (non-hydrogen) atoms. The van der Waals surface area contributed by atoms with Gasteiger partial charge in [-0.2, -0.15) is 0 Å². The van der Waals surface area contributed by atoms with E-state index in [2.05, 4.69) is 0 Å². The van der Waals surface area contributed by atoms with Gasteiger partial charge in [0.2, 0.25) is 5.91 Å². The number of rotatable bonds is 4. The minimum atomic E-state index is -1.03. The minimum absolute atomic E-state index is 0.0908. The number of imide groups is 1. The van der Waals surface area contributed by atoms with Crippen molar-refractivity contribution in [3.63, 3.8) is 0 Å². The van der Waals surface area contributed by atoms with Gasteiger partial charge in [-0.3, -0.25) is 24.5 Å². The molecular weight excluding hydrogens is 422 g/mol. The van der Waals surface area contributed by atoms with Crippen molar-refractivity contribution >= 4 is 28.9 Å². The van der Waals surface area contributed by atoms with Crippen LogP contribution in [0.2, 0.25) is 0 Å². The number of aryl methyl sites for hydroxylation is 2. The highest BCUT2D eigenvalue weighted by molar-refractivity contribution is 6.24. The molecule has 2 amide bonds. The van der Waals surface area contributed by atoms with Gasteiger partial charge in [0.05, 0.1) is 22.3 Å². The number of nitrogens with zero attached hydrogens (tertiary/aromatic N) is 3. The Balaban J connectivity index is 1.61. The van der Waals surface area contributed by atoms with E-state index in [1.165, 1.54) is 22.1 Å². The molecule has 0 saturated carbocycles.